The average Bonchev–Trinajstić information content (AvgIpc) is 2.85. The molecule has 0 aliphatic rings. The number of hydrogen-bond donors (Lipinski definition) is 1. The van der Waals surface area contributed by atoms with E-state index in [1.54, 1.807) is 0 Å². The van der Waals surface area contributed by atoms with Gasteiger partial charge in [-0.2, -0.15) is 0 Å². The van der Waals surface area contributed by atoms with E-state index in [0.717, 1.165) is 13.0 Å². The molecule has 0 heterocycles. The Hall–Kier alpha value is -0.820. The van der Waals surface area contributed by atoms with Gasteiger partial charge in [-0.25, -0.2) is 0 Å². The van der Waals surface area contributed by atoms with Crippen LogP contribution in [0.2, 0.25) is 0 Å². The molecule has 0 aliphatic carbocycles. The van der Waals surface area contributed by atoms with Crippen molar-refractivity contribution in [2.75, 3.05) is 26.2 Å². The molecule has 0 fully saturated rings. The molecule has 206 valence electrons. The van der Waals surface area contributed by atoms with E-state index in [0.29, 0.717) is 0 Å². The summed E-state index contributed by atoms with van der Waals surface area (Å²) in [7, 11) is 0. The first kappa shape index (κ1) is 34.2. The van der Waals surface area contributed by atoms with Gasteiger partial charge in [0.15, 0.2) is 0 Å². The number of rotatable bonds is 28. The van der Waals surface area contributed by atoms with Crippen molar-refractivity contribution in [2.24, 2.45) is 5.73 Å². The highest BCUT2D eigenvalue weighted by molar-refractivity contribution is 4.98. The van der Waals surface area contributed by atoms with Crippen molar-refractivity contribution >= 4 is 0 Å². The molecule has 0 saturated carbocycles. The van der Waals surface area contributed by atoms with E-state index in [-0.39, 0.29) is 0 Å². The molecule has 0 saturated heterocycles. The molecule has 2 heteroatoms. The molecule has 0 unspecified atom stereocenters. The third-order valence-corrected chi connectivity index (χ3v) is 7.29. The predicted octanol–water partition coefficient (Wildman–Crippen LogP) is 10.1. The second-order valence-electron chi connectivity index (χ2n) is 11.0. The molecule has 0 aromatic heterocycles. The van der Waals surface area contributed by atoms with Crippen molar-refractivity contribution in [1.82, 2.24) is 4.90 Å². The number of unbranched alkanes of at least 4 members (excludes halogenated alkanes) is 15. The van der Waals surface area contributed by atoms with Crippen LogP contribution in [0, 0.1) is 0 Å². The lowest BCUT2D eigenvalue weighted by atomic mass is 10.00. The predicted molar refractivity (Wildman–Crippen MR) is 160 cm³/mol. The summed E-state index contributed by atoms with van der Waals surface area (Å²) in [5.74, 6) is 0. The minimum atomic E-state index is 0.815. The standard InChI is InChI=1S/C33H64N2/c1-5-7-8-9-10-11-15-20-26-33(6-2)27-21-16-13-18-23-30-35(31-24-28-34)29-22-17-12-14-19-25-32(3)4/h2-3,5,7-31,34H2,1,4H3. The van der Waals surface area contributed by atoms with Gasteiger partial charge >= 0.3 is 0 Å². The molecular formula is C33H64N2. The van der Waals surface area contributed by atoms with Gasteiger partial charge in [0.1, 0.15) is 0 Å². The van der Waals surface area contributed by atoms with E-state index in [2.05, 4.69) is 37.6 Å². The Bertz CT molecular complexity index is 503. The highest BCUT2D eigenvalue weighted by Gasteiger charge is 2.05. The Balaban J connectivity index is 3.72. The van der Waals surface area contributed by atoms with E-state index in [1.807, 2.05) is 0 Å². The van der Waals surface area contributed by atoms with E-state index < -0.39 is 0 Å². The van der Waals surface area contributed by atoms with Crippen LogP contribution >= 0.6 is 0 Å². The van der Waals surface area contributed by atoms with Crippen LogP contribution in [0.1, 0.15) is 155 Å². The second kappa shape index (κ2) is 27.8. The van der Waals surface area contributed by atoms with Crippen LogP contribution in [-0.2, 0) is 0 Å². The molecule has 0 rings (SSSR count). The van der Waals surface area contributed by atoms with Crippen LogP contribution in [0.3, 0.4) is 0 Å². The average molecular weight is 489 g/mol. The largest absolute Gasteiger partial charge is 0.330 e. The summed E-state index contributed by atoms with van der Waals surface area (Å²) in [5.41, 5.74) is 11.8. The molecule has 2 N–H and O–H groups in total. The number of hydrogen-bond acceptors (Lipinski definition) is 2. The molecule has 0 aliphatic heterocycles. The van der Waals surface area contributed by atoms with Crippen LogP contribution in [0.4, 0.5) is 0 Å². The Morgan fingerprint density at radius 1 is 0.600 bits per heavy atom. The molecule has 0 aromatic rings. The number of allylic oxidation sites excluding steroid dienone is 2. The van der Waals surface area contributed by atoms with Crippen molar-refractivity contribution in [3.05, 3.63) is 30.0 Å². The molecule has 0 bridgehead atoms. The van der Waals surface area contributed by atoms with E-state index in [4.69, 9.17) is 5.73 Å². The van der Waals surface area contributed by atoms with Gasteiger partial charge in [-0.15, -0.1) is 12.3 Å². The molecule has 0 radical (unpaired) electrons. The van der Waals surface area contributed by atoms with Crippen LogP contribution in [-0.4, -0.2) is 31.1 Å². The SMILES string of the molecule is C=C=C(CCCCCCCCCC)CCCCCCCN(CCCN)CCCCCCCC(=C)C. The molecule has 0 amide bonds. The first-order valence-electron chi connectivity index (χ1n) is 15.6. The molecule has 35 heavy (non-hydrogen) atoms. The van der Waals surface area contributed by atoms with Gasteiger partial charge in [-0.1, -0.05) is 103 Å². The topological polar surface area (TPSA) is 29.3 Å². The molecule has 0 aromatic carbocycles. The van der Waals surface area contributed by atoms with Crippen molar-refractivity contribution in [3.63, 3.8) is 0 Å². The van der Waals surface area contributed by atoms with Crippen LogP contribution in [0.25, 0.3) is 0 Å². The van der Waals surface area contributed by atoms with Crippen LogP contribution < -0.4 is 5.73 Å². The van der Waals surface area contributed by atoms with Crippen molar-refractivity contribution in [2.45, 2.75) is 155 Å². The van der Waals surface area contributed by atoms with E-state index in [9.17, 15) is 0 Å². The van der Waals surface area contributed by atoms with E-state index in [1.165, 1.54) is 166 Å². The van der Waals surface area contributed by atoms with Crippen molar-refractivity contribution in [3.8, 4) is 0 Å². The van der Waals surface area contributed by atoms with Crippen LogP contribution in [0.5, 0.6) is 0 Å². The lowest BCUT2D eigenvalue weighted by Gasteiger charge is -2.22. The van der Waals surface area contributed by atoms with E-state index >= 15 is 0 Å². The van der Waals surface area contributed by atoms with Crippen molar-refractivity contribution < 1.29 is 0 Å². The molecular weight excluding hydrogens is 424 g/mol. The minimum Gasteiger partial charge on any atom is -0.330 e. The Morgan fingerprint density at radius 2 is 1.00 bits per heavy atom. The normalized spacial score (nSPS) is 11.2. The summed E-state index contributed by atoms with van der Waals surface area (Å²) in [6, 6.07) is 0. The Labute approximate surface area is 221 Å². The zero-order chi connectivity index (χ0) is 25.8. The summed E-state index contributed by atoms with van der Waals surface area (Å²) in [6.45, 7) is 16.9. The van der Waals surface area contributed by atoms with Gasteiger partial charge in [0, 0.05) is 0 Å². The lowest BCUT2D eigenvalue weighted by molar-refractivity contribution is 0.258. The summed E-state index contributed by atoms with van der Waals surface area (Å²) in [5, 5.41) is 0. The summed E-state index contributed by atoms with van der Waals surface area (Å²) < 4.78 is 0. The highest BCUT2D eigenvalue weighted by atomic mass is 15.1. The zero-order valence-corrected chi connectivity index (χ0v) is 24.3. The molecule has 2 nitrogen and oxygen atoms in total. The van der Waals surface area contributed by atoms with Gasteiger partial charge in [-0.3, -0.25) is 0 Å². The molecule has 0 spiro atoms. The van der Waals surface area contributed by atoms with Crippen molar-refractivity contribution in [1.29, 1.82) is 0 Å². The summed E-state index contributed by atoms with van der Waals surface area (Å²) >= 11 is 0. The van der Waals surface area contributed by atoms with Gasteiger partial charge in [0.25, 0.3) is 0 Å². The maximum absolute atomic E-state index is 5.78. The first-order valence-corrected chi connectivity index (χ1v) is 15.6. The number of nitrogens with two attached hydrogens (primary N) is 1. The minimum absolute atomic E-state index is 0.815. The second-order valence-corrected chi connectivity index (χ2v) is 11.0. The fourth-order valence-electron chi connectivity index (χ4n) is 4.92. The van der Waals surface area contributed by atoms with Gasteiger partial charge < -0.3 is 10.6 Å². The maximum Gasteiger partial charge on any atom is -0.000672 e. The summed E-state index contributed by atoms with van der Waals surface area (Å²) in [4.78, 5) is 2.67. The Morgan fingerprint density at radius 3 is 1.43 bits per heavy atom. The quantitative estimate of drug-likeness (QED) is 0.0674. The molecule has 0 atom stereocenters. The van der Waals surface area contributed by atoms with Crippen LogP contribution in [0.15, 0.2) is 30.0 Å². The lowest BCUT2D eigenvalue weighted by Crippen LogP contribution is -2.28. The highest BCUT2D eigenvalue weighted by Crippen LogP contribution is 2.18. The zero-order valence-electron chi connectivity index (χ0n) is 24.3. The maximum atomic E-state index is 5.78. The monoisotopic (exact) mass is 489 g/mol. The third-order valence-electron chi connectivity index (χ3n) is 7.29. The van der Waals surface area contributed by atoms with Gasteiger partial charge in [0.2, 0.25) is 0 Å². The summed E-state index contributed by atoms with van der Waals surface area (Å²) in [6.07, 6.45) is 29.4. The third kappa shape index (κ3) is 26.1. The number of nitrogens with zero attached hydrogens (tertiary/aromatic N) is 1. The van der Waals surface area contributed by atoms with Gasteiger partial charge in [0.05, 0.1) is 0 Å². The smallest absolute Gasteiger partial charge is 0.000672 e. The Kier molecular flexibility index (Phi) is 27.1. The fraction of sp³-hybridized carbons (Fsp3) is 0.848. The fourth-order valence-corrected chi connectivity index (χ4v) is 4.92. The van der Waals surface area contributed by atoms with Gasteiger partial charge in [-0.05, 0) is 96.5 Å². The first-order chi connectivity index (χ1) is 17.1.